The van der Waals surface area contributed by atoms with Gasteiger partial charge in [-0.1, -0.05) is 26.0 Å². The Morgan fingerprint density at radius 2 is 1.93 bits per heavy atom. The molecule has 0 fully saturated rings. The number of allylic oxidation sites excluding steroid dienone is 1. The van der Waals surface area contributed by atoms with Crippen molar-refractivity contribution in [3.8, 4) is 0 Å². The number of benzene rings is 1. The Balaban J connectivity index is 1.79. The maximum Gasteiger partial charge on any atom is 0.317 e. The summed E-state index contributed by atoms with van der Waals surface area (Å²) < 4.78 is 20.7. The second-order valence-corrected chi connectivity index (χ2v) is 11.5. The SMILES string of the molecule is COCCN(C)C(=O)N[C@@H](CC/C=C/C(=O)N(C)C)C(=O)Cc1cccn(Cc2nc3c(CC(C)C)cc(F)cc3[nH]2)c1=O. The molecule has 0 spiro atoms. The van der Waals surface area contributed by atoms with E-state index in [1.807, 2.05) is 0 Å². The van der Waals surface area contributed by atoms with Crippen molar-refractivity contribution in [1.29, 1.82) is 0 Å². The first kappa shape index (κ1) is 34.2. The summed E-state index contributed by atoms with van der Waals surface area (Å²) in [6.07, 6.45) is 5.76. The van der Waals surface area contributed by atoms with Gasteiger partial charge in [0.15, 0.2) is 5.78 Å². The monoisotopic (exact) mass is 610 g/mol. The molecular weight excluding hydrogens is 567 g/mol. The van der Waals surface area contributed by atoms with Crippen molar-refractivity contribution in [2.24, 2.45) is 5.92 Å². The van der Waals surface area contributed by atoms with Gasteiger partial charge in [0.1, 0.15) is 11.6 Å². The van der Waals surface area contributed by atoms with Crippen LogP contribution in [0.5, 0.6) is 0 Å². The minimum absolute atomic E-state index is 0.105. The third kappa shape index (κ3) is 9.60. The molecule has 0 saturated heterocycles. The molecule has 11 nitrogen and oxygen atoms in total. The van der Waals surface area contributed by atoms with E-state index in [0.717, 1.165) is 5.56 Å². The highest BCUT2D eigenvalue weighted by atomic mass is 19.1. The van der Waals surface area contributed by atoms with Crippen molar-refractivity contribution >= 4 is 28.8 Å². The minimum atomic E-state index is -0.885. The van der Waals surface area contributed by atoms with Gasteiger partial charge in [-0.15, -0.1) is 0 Å². The van der Waals surface area contributed by atoms with Gasteiger partial charge in [0.05, 0.1) is 30.2 Å². The molecule has 0 bridgehead atoms. The number of halogens is 1. The topological polar surface area (TPSA) is 130 Å². The van der Waals surface area contributed by atoms with Crippen molar-refractivity contribution in [2.45, 2.75) is 52.1 Å². The number of hydrogen-bond donors (Lipinski definition) is 2. The van der Waals surface area contributed by atoms with Crippen LogP contribution in [0.3, 0.4) is 0 Å². The molecule has 0 aliphatic carbocycles. The molecule has 3 rings (SSSR count). The Kier molecular flexibility index (Phi) is 12.4. The molecule has 3 amide bonds. The predicted octanol–water partition coefficient (Wildman–Crippen LogP) is 3.30. The molecule has 0 aliphatic rings. The number of urea groups is 1. The van der Waals surface area contributed by atoms with Crippen molar-refractivity contribution in [3.63, 3.8) is 0 Å². The van der Waals surface area contributed by atoms with E-state index in [1.54, 1.807) is 45.5 Å². The summed E-state index contributed by atoms with van der Waals surface area (Å²) in [5.74, 6) is -0.0743. The van der Waals surface area contributed by atoms with Gasteiger partial charge in [0.2, 0.25) is 5.91 Å². The van der Waals surface area contributed by atoms with Crippen molar-refractivity contribution in [2.75, 3.05) is 41.4 Å². The van der Waals surface area contributed by atoms with E-state index in [0.29, 0.717) is 48.8 Å². The number of pyridine rings is 1. The number of ketones is 1. The number of aromatic nitrogens is 3. The number of fused-ring (bicyclic) bond motifs is 1. The van der Waals surface area contributed by atoms with Gasteiger partial charge in [-0.25, -0.2) is 14.2 Å². The smallest absolute Gasteiger partial charge is 0.317 e. The highest BCUT2D eigenvalue weighted by Crippen LogP contribution is 2.22. The second kappa shape index (κ2) is 15.9. The standard InChI is InChI=1S/C32H43FN6O5/c1-21(2)16-23-17-24(33)19-26-30(23)36-28(34-26)20-39-13-9-10-22(31(39)42)18-27(40)25(11-7-8-12-29(41)37(3)4)35-32(43)38(5)14-15-44-6/h8-10,12-13,17,19,21,25H,7,11,14-16,18,20H2,1-6H3,(H,34,36)(H,35,43)/b12-8+/t25-/m0/s1. The Morgan fingerprint density at radius 3 is 2.61 bits per heavy atom. The summed E-state index contributed by atoms with van der Waals surface area (Å²) in [4.78, 5) is 62.1. The molecule has 12 heteroatoms. The van der Waals surface area contributed by atoms with E-state index in [1.165, 1.54) is 39.7 Å². The van der Waals surface area contributed by atoms with Gasteiger partial charge < -0.3 is 29.4 Å². The number of hydrogen-bond acceptors (Lipinski definition) is 6. The quantitative estimate of drug-likeness (QED) is 0.254. The number of methoxy groups -OCH3 is 1. The lowest BCUT2D eigenvalue weighted by molar-refractivity contribution is -0.123. The molecule has 1 aromatic carbocycles. The first-order chi connectivity index (χ1) is 20.9. The molecule has 2 aromatic heterocycles. The number of H-pyrrole nitrogens is 1. The summed E-state index contributed by atoms with van der Waals surface area (Å²) in [5, 5.41) is 2.77. The zero-order valence-corrected chi connectivity index (χ0v) is 26.4. The van der Waals surface area contributed by atoms with Gasteiger partial charge in [-0.3, -0.25) is 14.4 Å². The van der Waals surface area contributed by atoms with E-state index in [2.05, 4.69) is 29.1 Å². The maximum atomic E-state index is 14.2. The van der Waals surface area contributed by atoms with Crippen LogP contribution in [0.1, 0.15) is 43.6 Å². The molecule has 3 aromatic rings. The van der Waals surface area contributed by atoms with E-state index < -0.39 is 12.1 Å². The third-order valence-corrected chi connectivity index (χ3v) is 7.08. The number of rotatable bonds is 15. The maximum absolute atomic E-state index is 14.2. The predicted molar refractivity (Wildman–Crippen MR) is 167 cm³/mol. The summed E-state index contributed by atoms with van der Waals surface area (Å²) in [6, 6.07) is 4.82. The molecule has 44 heavy (non-hydrogen) atoms. The summed E-state index contributed by atoms with van der Waals surface area (Å²) in [5.41, 5.74) is 1.93. The van der Waals surface area contributed by atoms with Crippen LogP contribution in [0.15, 0.2) is 47.4 Å². The third-order valence-electron chi connectivity index (χ3n) is 7.08. The summed E-state index contributed by atoms with van der Waals surface area (Å²) in [6.45, 7) is 4.87. The number of ether oxygens (including phenoxy) is 1. The number of Topliss-reactive ketones (excluding diaryl/α,β-unsaturated/α-hetero) is 1. The molecule has 2 N–H and O–H groups in total. The molecule has 0 saturated carbocycles. The van der Waals surface area contributed by atoms with Crippen LogP contribution < -0.4 is 10.9 Å². The van der Waals surface area contributed by atoms with Crippen LogP contribution in [-0.2, 0) is 33.7 Å². The number of carbonyl (C=O) groups excluding carboxylic acids is 3. The van der Waals surface area contributed by atoms with Crippen LogP contribution in [0.2, 0.25) is 0 Å². The fraction of sp³-hybridized carbons (Fsp3) is 0.469. The average molecular weight is 611 g/mol. The van der Waals surface area contributed by atoms with E-state index in [-0.39, 0.29) is 48.0 Å². The largest absolute Gasteiger partial charge is 0.383 e. The Labute approximate surface area is 257 Å². The van der Waals surface area contributed by atoms with Crippen LogP contribution >= 0.6 is 0 Å². The van der Waals surface area contributed by atoms with Crippen LogP contribution in [0, 0.1) is 11.7 Å². The number of likely N-dealkylation sites (N-methyl/N-ethyl adjacent to an activating group) is 2. The van der Waals surface area contributed by atoms with Crippen LogP contribution in [0.4, 0.5) is 9.18 Å². The Morgan fingerprint density at radius 1 is 1.18 bits per heavy atom. The van der Waals surface area contributed by atoms with E-state index in [9.17, 15) is 23.6 Å². The molecule has 2 heterocycles. The van der Waals surface area contributed by atoms with Crippen molar-refractivity contribution in [3.05, 3.63) is 75.7 Å². The zero-order chi connectivity index (χ0) is 32.4. The number of aromatic amines is 1. The van der Waals surface area contributed by atoms with Gasteiger partial charge in [-0.2, -0.15) is 0 Å². The van der Waals surface area contributed by atoms with Gasteiger partial charge in [0.25, 0.3) is 5.56 Å². The lowest BCUT2D eigenvalue weighted by atomic mass is 10.0. The van der Waals surface area contributed by atoms with Crippen LogP contribution in [0.25, 0.3) is 11.0 Å². The van der Waals surface area contributed by atoms with Crippen LogP contribution in [-0.4, -0.2) is 89.5 Å². The highest BCUT2D eigenvalue weighted by Gasteiger charge is 2.23. The number of carbonyl (C=O) groups is 3. The lowest BCUT2D eigenvalue weighted by Gasteiger charge is -2.22. The van der Waals surface area contributed by atoms with Crippen molar-refractivity contribution < 1.29 is 23.5 Å². The minimum Gasteiger partial charge on any atom is -0.383 e. The summed E-state index contributed by atoms with van der Waals surface area (Å²) in [7, 11) is 6.41. The number of amides is 3. The fourth-order valence-electron chi connectivity index (χ4n) is 4.69. The highest BCUT2D eigenvalue weighted by molar-refractivity contribution is 5.90. The van der Waals surface area contributed by atoms with Gasteiger partial charge in [0, 0.05) is 53.0 Å². The Bertz CT molecular complexity index is 1540. The normalized spacial score (nSPS) is 12.2. The zero-order valence-electron chi connectivity index (χ0n) is 26.4. The number of nitrogens with one attached hydrogen (secondary N) is 2. The van der Waals surface area contributed by atoms with E-state index >= 15 is 0 Å². The summed E-state index contributed by atoms with van der Waals surface area (Å²) >= 11 is 0. The van der Waals surface area contributed by atoms with E-state index in [4.69, 9.17) is 4.74 Å². The number of imidazole rings is 1. The average Bonchev–Trinajstić information content (AvgIpc) is 3.37. The molecule has 0 radical (unpaired) electrons. The molecular formula is C32H43FN6O5. The Hall–Kier alpha value is -4.32. The second-order valence-electron chi connectivity index (χ2n) is 11.5. The molecule has 1 atom stereocenters. The lowest BCUT2D eigenvalue weighted by Crippen LogP contribution is -2.48. The number of nitrogens with zero attached hydrogens (tertiary/aromatic N) is 4. The van der Waals surface area contributed by atoms with Crippen molar-refractivity contribution in [1.82, 2.24) is 29.7 Å². The van der Waals surface area contributed by atoms with Gasteiger partial charge in [-0.05, 0) is 55.0 Å². The first-order valence-electron chi connectivity index (χ1n) is 14.7. The first-order valence-corrected chi connectivity index (χ1v) is 14.7. The molecule has 0 unspecified atom stereocenters. The molecule has 238 valence electrons. The van der Waals surface area contributed by atoms with Gasteiger partial charge >= 0.3 is 6.03 Å². The molecule has 0 aliphatic heterocycles. The fourth-order valence-corrected chi connectivity index (χ4v) is 4.69.